The highest BCUT2D eigenvalue weighted by molar-refractivity contribution is 8.15. The molecule has 6 nitrogen and oxygen atoms in total. The largest absolute Gasteiger partial charge is 0.497 e. The van der Waals surface area contributed by atoms with E-state index in [2.05, 4.69) is 10.3 Å². The Labute approximate surface area is 160 Å². The minimum absolute atomic E-state index is 0.0547. The molecule has 0 aromatic heterocycles. The lowest BCUT2D eigenvalue weighted by atomic mass is 10.2. The van der Waals surface area contributed by atoms with E-state index in [0.29, 0.717) is 22.3 Å². The van der Waals surface area contributed by atoms with Gasteiger partial charge in [-0.3, -0.25) is 14.5 Å². The minimum atomic E-state index is -0.632. The van der Waals surface area contributed by atoms with Crippen LogP contribution in [0.4, 0.5) is 15.8 Å². The van der Waals surface area contributed by atoms with E-state index in [1.807, 2.05) is 0 Å². The van der Waals surface area contributed by atoms with Gasteiger partial charge in [-0.1, -0.05) is 23.9 Å². The zero-order chi connectivity index (χ0) is 19.4. The van der Waals surface area contributed by atoms with E-state index >= 15 is 0 Å². The van der Waals surface area contributed by atoms with Crippen molar-refractivity contribution in [1.82, 2.24) is 4.90 Å². The van der Waals surface area contributed by atoms with Gasteiger partial charge < -0.3 is 10.1 Å². The van der Waals surface area contributed by atoms with Crippen LogP contribution < -0.4 is 10.1 Å². The molecule has 0 saturated carbocycles. The van der Waals surface area contributed by atoms with Crippen LogP contribution in [0.1, 0.15) is 6.42 Å². The lowest BCUT2D eigenvalue weighted by molar-refractivity contribution is -0.128. The van der Waals surface area contributed by atoms with Crippen molar-refractivity contribution in [2.24, 2.45) is 4.99 Å². The van der Waals surface area contributed by atoms with Gasteiger partial charge >= 0.3 is 0 Å². The van der Waals surface area contributed by atoms with Crippen molar-refractivity contribution in [1.29, 1.82) is 0 Å². The van der Waals surface area contributed by atoms with Gasteiger partial charge in [0.15, 0.2) is 5.17 Å². The first kappa shape index (κ1) is 18.9. The number of nitrogens with zero attached hydrogens (tertiary/aromatic N) is 2. The van der Waals surface area contributed by atoms with Crippen LogP contribution in [0.15, 0.2) is 53.5 Å². The van der Waals surface area contributed by atoms with Gasteiger partial charge in [0.1, 0.15) is 16.8 Å². The first-order valence-electron chi connectivity index (χ1n) is 8.18. The lowest BCUT2D eigenvalue weighted by Crippen LogP contribution is -2.43. The number of rotatable bonds is 4. The van der Waals surface area contributed by atoms with Crippen LogP contribution in [0.2, 0.25) is 0 Å². The minimum Gasteiger partial charge on any atom is -0.497 e. The summed E-state index contributed by atoms with van der Waals surface area (Å²) in [6.07, 6.45) is 0.0547. The Morgan fingerprint density at radius 3 is 2.81 bits per heavy atom. The number of benzene rings is 2. The molecule has 27 heavy (non-hydrogen) atoms. The highest BCUT2D eigenvalue weighted by atomic mass is 32.2. The maximum Gasteiger partial charge on any atom is 0.238 e. The molecule has 3 rings (SSSR count). The number of thioether (sulfide) groups is 1. The van der Waals surface area contributed by atoms with Crippen molar-refractivity contribution < 1.29 is 18.7 Å². The lowest BCUT2D eigenvalue weighted by Gasteiger charge is -2.28. The molecule has 2 aromatic carbocycles. The van der Waals surface area contributed by atoms with Gasteiger partial charge in [0, 0.05) is 25.2 Å². The van der Waals surface area contributed by atoms with Crippen LogP contribution in [0, 0.1) is 5.82 Å². The number of carbonyl (C=O) groups is 2. The van der Waals surface area contributed by atoms with E-state index in [9.17, 15) is 14.0 Å². The molecule has 140 valence electrons. The van der Waals surface area contributed by atoms with Crippen LogP contribution >= 0.6 is 11.8 Å². The van der Waals surface area contributed by atoms with Gasteiger partial charge in [0.2, 0.25) is 11.8 Å². The average Bonchev–Trinajstić information content (AvgIpc) is 2.65. The Balaban J connectivity index is 1.77. The van der Waals surface area contributed by atoms with E-state index in [1.165, 1.54) is 34.9 Å². The van der Waals surface area contributed by atoms with Crippen LogP contribution in [0.3, 0.4) is 0 Å². The molecule has 1 N–H and O–H groups in total. The number of amides is 2. The number of amidine groups is 1. The van der Waals surface area contributed by atoms with Crippen molar-refractivity contribution in [3.8, 4) is 5.75 Å². The number of hydrogen-bond donors (Lipinski definition) is 1. The van der Waals surface area contributed by atoms with Gasteiger partial charge in [-0.2, -0.15) is 0 Å². The number of ether oxygens (including phenoxy) is 1. The van der Waals surface area contributed by atoms with Gasteiger partial charge in [-0.25, -0.2) is 9.38 Å². The third-order valence-electron chi connectivity index (χ3n) is 3.93. The van der Waals surface area contributed by atoms with E-state index in [1.54, 1.807) is 44.5 Å². The second-order valence-corrected chi connectivity index (χ2v) is 7.03. The maximum atomic E-state index is 13.4. The zero-order valence-corrected chi connectivity index (χ0v) is 15.6. The third-order valence-corrected chi connectivity index (χ3v) is 5.17. The van der Waals surface area contributed by atoms with Crippen LogP contribution in [-0.2, 0) is 9.59 Å². The molecule has 1 aliphatic heterocycles. The van der Waals surface area contributed by atoms with Crippen LogP contribution in [-0.4, -0.2) is 41.3 Å². The summed E-state index contributed by atoms with van der Waals surface area (Å²) in [6, 6.07) is 12.7. The summed E-state index contributed by atoms with van der Waals surface area (Å²) in [7, 11) is 3.13. The summed E-state index contributed by atoms with van der Waals surface area (Å²) in [5.41, 5.74) is 0.959. The number of anilines is 1. The van der Waals surface area contributed by atoms with Crippen molar-refractivity contribution in [3.63, 3.8) is 0 Å². The monoisotopic (exact) mass is 387 g/mol. The molecule has 0 bridgehead atoms. The number of methoxy groups -OCH3 is 1. The summed E-state index contributed by atoms with van der Waals surface area (Å²) >= 11 is 1.17. The van der Waals surface area contributed by atoms with Crippen molar-refractivity contribution in [2.45, 2.75) is 11.7 Å². The number of nitrogens with one attached hydrogen (secondary N) is 1. The topological polar surface area (TPSA) is 71.0 Å². The standard InChI is InChI=1S/C19H18FN3O3S/c1-23-17(24)11-16(18(25)21-14-7-4-8-15(10-14)26-2)27-19(23)22-13-6-3-5-12(20)9-13/h3-10,16H,11H2,1-2H3,(H,21,25)/t16-/m1/s1. The maximum absolute atomic E-state index is 13.4. The summed E-state index contributed by atoms with van der Waals surface area (Å²) in [6.45, 7) is 0. The van der Waals surface area contributed by atoms with Crippen molar-refractivity contribution in [3.05, 3.63) is 54.3 Å². The van der Waals surface area contributed by atoms with Crippen molar-refractivity contribution in [2.75, 3.05) is 19.5 Å². The first-order chi connectivity index (χ1) is 13.0. The molecule has 1 atom stereocenters. The molecule has 1 heterocycles. The second kappa shape index (κ2) is 8.22. The molecular weight excluding hydrogens is 369 g/mol. The normalized spacial score (nSPS) is 18.5. The van der Waals surface area contributed by atoms with Gasteiger partial charge in [-0.15, -0.1) is 0 Å². The fraction of sp³-hybridized carbons (Fsp3) is 0.211. The predicted octanol–water partition coefficient (Wildman–Crippen LogP) is 3.42. The molecule has 0 aliphatic carbocycles. The third kappa shape index (κ3) is 4.65. The molecular formula is C19H18FN3O3S. The molecule has 2 amide bonds. The van der Waals surface area contributed by atoms with Gasteiger partial charge in [-0.05, 0) is 30.3 Å². The molecule has 0 unspecified atom stereocenters. The Morgan fingerprint density at radius 1 is 1.30 bits per heavy atom. The fourth-order valence-electron chi connectivity index (χ4n) is 2.48. The second-order valence-electron chi connectivity index (χ2n) is 5.86. The summed E-state index contributed by atoms with van der Waals surface area (Å²) in [5.74, 6) is -0.330. The average molecular weight is 387 g/mol. The summed E-state index contributed by atoms with van der Waals surface area (Å²) in [4.78, 5) is 30.6. The van der Waals surface area contributed by atoms with Crippen molar-refractivity contribution >= 4 is 40.1 Å². The number of carbonyl (C=O) groups excluding carboxylic acids is 2. The van der Waals surface area contributed by atoms with Crippen LogP contribution in [0.5, 0.6) is 5.75 Å². The molecule has 1 fully saturated rings. The van der Waals surface area contributed by atoms with E-state index in [4.69, 9.17) is 4.74 Å². The van der Waals surface area contributed by atoms with E-state index < -0.39 is 11.1 Å². The van der Waals surface area contributed by atoms with Crippen LogP contribution in [0.25, 0.3) is 0 Å². The van der Waals surface area contributed by atoms with Gasteiger partial charge in [0.05, 0.1) is 12.8 Å². The highest BCUT2D eigenvalue weighted by Gasteiger charge is 2.34. The predicted molar refractivity (Wildman–Crippen MR) is 104 cm³/mol. The fourth-order valence-corrected chi connectivity index (χ4v) is 3.54. The van der Waals surface area contributed by atoms with Gasteiger partial charge in [0.25, 0.3) is 0 Å². The Hall–Kier alpha value is -2.87. The highest BCUT2D eigenvalue weighted by Crippen LogP contribution is 2.29. The smallest absolute Gasteiger partial charge is 0.238 e. The Bertz CT molecular complexity index is 903. The molecule has 8 heteroatoms. The quantitative estimate of drug-likeness (QED) is 0.873. The molecule has 2 aromatic rings. The van der Waals surface area contributed by atoms with E-state index in [0.717, 1.165) is 0 Å². The summed E-state index contributed by atoms with van der Waals surface area (Å²) < 4.78 is 18.5. The first-order valence-corrected chi connectivity index (χ1v) is 9.06. The zero-order valence-electron chi connectivity index (χ0n) is 14.8. The number of halogens is 1. The summed E-state index contributed by atoms with van der Waals surface area (Å²) in [5, 5.41) is 2.51. The Kier molecular flexibility index (Phi) is 5.75. The SMILES string of the molecule is COc1cccc(NC(=O)[C@H]2CC(=O)N(C)C(=Nc3cccc(F)c3)S2)c1. The molecule has 0 spiro atoms. The van der Waals surface area contributed by atoms with E-state index in [-0.39, 0.29) is 18.2 Å². The Morgan fingerprint density at radius 2 is 2.07 bits per heavy atom. The molecule has 1 saturated heterocycles. The molecule has 1 aliphatic rings. The number of aliphatic imine (C=N–C) groups is 1. The number of hydrogen-bond acceptors (Lipinski definition) is 5. The molecule has 0 radical (unpaired) electrons.